The first kappa shape index (κ1) is 18.2. The number of rotatable bonds is 6. The zero-order valence-electron chi connectivity index (χ0n) is 13.1. The molecular weight excluding hydrogens is 374 g/mol. The molecule has 24 heavy (non-hydrogen) atoms. The minimum absolute atomic E-state index is 0.263. The van der Waals surface area contributed by atoms with Crippen molar-refractivity contribution in [2.75, 3.05) is 7.11 Å². The van der Waals surface area contributed by atoms with Crippen LogP contribution in [0.3, 0.4) is 0 Å². The lowest BCUT2D eigenvalue weighted by Gasteiger charge is -2.19. The van der Waals surface area contributed by atoms with Gasteiger partial charge in [0.2, 0.25) is 0 Å². The summed E-state index contributed by atoms with van der Waals surface area (Å²) in [5.74, 6) is -1.21. The second-order valence-corrected chi connectivity index (χ2v) is 6.15. The summed E-state index contributed by atoms with van der Waals surface area (Å²) in [6.07, 6.45) is -1.08. The standard InChI is InChI=1S/C18H18BrNO4/c1-24-18(23)15(11-12-6-5-9-14(19)10-12)20-17(22)16(21)13-7-3-2-4-8-13/h2-10,15-16,21H,11H2,1H3,(H,20,22)/t15-,16-/m0/s1. The molecule has 0 bridgehead atoms. The molecule has 0 spiro atoms. The fourth-order valence-electron chi connectivity index (χ4n) is 2.27. The van der Waals surface area contributed by atoms with Crippen molar-refractivity contribution in [3.63, 3.8) is 0 Å². The van der Waals surface area contributed by atoms with Crippen LogP contribution in [0.5, 0.6) is 0 Å². The van der Waals surface area contributed by atoms with Crippen molar-refractivity contribution < 1.29 is 19.4 Å². The predicted molar refractivity (Wildman–Crippen MR) is 93.2 cm³/mol. The van der Waals surface area contributed by atoms with Gasteiger partial charge in [-0.25, -0.2) is 4.79 Å². The van der Waals surface area contributed by atoms with Crippen molar-refractivity contribution in [3.8, 4) is 0 Å². The van der Waals surface area contributed by atoms with Gasteiger partial charge >= 0.3 is 5.97 Å². The Morgan fingerprint density at radius 1 is 1.17 bits per heavy atom. The highest BCUT2D eigenvalue weighted by Gasteiger charge is 2.26. The number of benzene rings is 2. The van der Waals surface area contributed by atoms with Crippen LogP contribution in [0.1, 0.15) is 17.2 Å². The quantitative estimate of drug-likeness (QED) is 0.741. The van der Waals surface area contributed by atoms with E-state index in [2.05, 4.69) is 21.2 Å². The summed E-state index contributed by atoms with van der Waals surface area (Å²) >= 11 is 3.37. The number of nitrogens with one attached hydrogen (secondary N) is 1. The van der Waals surface area contributed by atoms with Crippen LogP contribution in [0.15, 0.2) is 59.1 Å². The molecule has 0 aromatic heterocycles. The number of aliphatic hydroxyl groups excluding tert-OH is 1. The molecule has 0 fully saturated rings. The third kappa shape index (κ3) is 4.91. The molecule has 5 nitrogen and oxygen atoms in total. The van der Waals surface area contributed by atoms with E-state index in [-0.39, 0.29) is 6.42 Å². The Balaban J connectivity index is 2.11. The van der Waals surface area contributed by atoms with E-state index in [1.54, 1.807) is 30.3 Å². The van der Waals surface area contributed by atoms with Crippen LogP contribution >= 0.6 is 15.9 Å². The zero-order valence-corrected chi connectivity index (χ0v) is 14.7. The van der Waals surface area contributed by atoms with Gasteiger partial charge in [-0.15, -0.1) is 0 Å². The van der Waals surface area contributed by atoms with Gasteiger partial charge in [0.15, 0.2) is 6.10 Å². The molecule has 0 heterocycles. The van der Waals surface area contributed by atoms with Crippen LogP contribution in [0, 0.1) is 0 Å². The number of hydrogen-bond acceptors (Lipinski definition) is 4. The Morgan fingerprint density at radius 3 is 2.50 bits per heavy atom. The van der Waals surface area contributed by atoms with E-state index in [9.17, 15) is 14.7 Å². The number of carbonyl (C=O) groups excluding carboxylic acids is 2. The molecule has 6 heteroatoms. The largest absolute Gasteiger partial charge is 0.467 e. The first-order chi connectivity index (χ1) is 11.5. The first-order valence-corrected chi connectivity index (χ1v) is 8.16. The number of hydrogen-bond donors (Lipinski definition) is 2. The molecule has 0 saturated heterocycles. The predicted octanol–water partition coefficient (Wildman–Crippen LogP) is 2.38. The number of ether oxygens (including phenoxy) is 1. The van der Waals surface area contributed by atoms with Gasteiger partial charge in [-0.3, -0.25) is 4.79 Å². The molecule has 2 aromatic rings. The van der Waals surface area contributed by atoms with E-state index < -0.39 is 24.0 Å². The second-order valence-electron chi connectivity index (χ2n) is 5.23. The third-order valence-electron chi connectivity index (χ3n) is 3.49. The molecule has 2 aromatic carbocycles. The summed E-state index contributed by atoms with van der Waals surface area (Å²) in [5.41, 5.74) is 1.32. The summed E-state index contributed by atoms with van der Waals surface area (Å²) < 4.78 is 5.63. The van der Waals surface area contributed by atoms with E-state index >= 15 is 0 Å². The smallest absolute Gasteiger partial charge is 0.328 e. The van der Waals surface area contributed by atoms with Gasteiger partial charge in [0.25, 0.3) is 5.91 Å². The Hall–Kier alpha value is -2.18. The Bertz CT molecular complexity index is 705. The normalized spacial score (nSPS) is 13.0. The molecule has 2 atom stereocenters. The molecule has 126 valence electrons. The molecule has 0 unspecified atom stereocenters. The minimum Gasteiger partial charge on any atom is -0.467 e. The van der Waals surface area contributed by atoms with Crippen molar-refractivity contribution in [3.05, 3.63) is 70.2 Å². The molecule has 2 rings (SSSR count). The van der Waals surface area contributed by atoms with Crippen molar-refractivity contribution >= 4 is 27.8 Å². The number of aliphatic hydroxyl groups is 1. The number of amides is 1. The van der Waals surface area contributed by atoms with Crippen LogP contribution in [0.25, 0.3) is 0 Å². The number of halogens is 1. The molecule has 0 aliphatic heterocycles. The van der Waals surface area contributed by atoms with Crippen LogP contribution in [0.2, 0.25) is 0 Å². The lowest BCUT2D eigenvalue weighted by atomic mass is 10.0. The summed E-state index contributed by atoms with van der Waals surface area (Å²) in [6, 6.07) is 15.1. The second kappa shape index (κ2) is 8.61. The van der Waals surface area contributed by atoms with Gasteiger partial charge < -0.3 is 15.2 Å². The molecule has 0 saturated carbocycles. The van der Waals surface area contributed by atoms with Crippen molar-refractivity contribution in [1.82, 2.24) is 5.32 Å². The molecule has 2 N–H and O–H groups in total. The maximum absolute atomic E-state index is 12.3. The van der Waals surface area contributed by atoms with Gasteiger partial charge in [0, 0.05) is 10.9 Å². The fraction of sp³-hybridized carbons (Fsp3) is 0.222. The SMILES string of the molecule is COC(=O)[C@H](Cc1cccc(Br)c1)NC(=O)[C@@H](O)c1ccccc1. The van der Waals surface area contributed by atoms with Crippen LogP contribution < -0.4 is 5.32 Å². The molecular formula is C18H18BrNO4. The highest BCUT2D eigenvalue weighted by molar-refractivity contribution is 9.10. The monoisotopic (exact) mass is 391 g/mol. The highest BCUT2D eigenvalue weighted by atomic mass is 79.9. The molecule has 0 radical (unpaired) electrons. The molecule has 1 amide bonds. The van der Waals surface area contributed by atoms with Gasteiger partial charge in [0.1, 0.15) is 6.04 Å². The fourth-order valence-corrected chi connectivity index (χ4v) is 2.72. The Kier molecular flexibility index (Phi) is 6.52. The number of esters is 1. The average Bonchev–Trinajstić information content (AvgIpc) is 2.60. The van der Waals surface area contributed by atoms with Crippen LogP contribution in [-0.4, -0.2) is 30.1 Å². The summed E-state index contributed by atoms with van der Waals surface area (Å²) in [6.45, 7) is 0. The van der Waals surface area contributed by atoms with E-state index in [0.29, 0.717) is 5.56 Å². The maximum Gasteiger partial charge on any atom is 0.328 e. The maximum atomic E-state index is 12.3. The van der Waals surface area contributed by atoms with Gasteiger partial charge in [-0.1, -0.05) is 58.4 Å². The zero-order chi connectivity index (χ0) is 17.5. The highest BCUT2D eigenvalue weighted by Crippen LogP contribution is 2.15. The topological polar surface area (TPSA) is 75.6 Å². The van der Waals surface area contributed by atoms with E-state index in [4.69, 9.17) is 4.74 Å². The van der Waals surface area contributed by atoms with Gasteiger partial charge in [-0.2, -0.15) is 0 Å². The summed E-state index contributed by atoms with van der Waals surface area (Å²) in [7, 11) is 1.26. The lowest BCUT2D eigenvalue weighted by Crippen LogP contribution is -2.45. The third-order valence-corrected chi connectivity index (χ3v) is 3.99. The summed E-state index contributed by atoms with van der Waals surface area (Å²) in [5, 5.41) is 12.7. The first-order valence-electron chi connectivity index (χ1n) is 7.37. The number of methoxy groups -OCH3 is 1. The van der Waals surface area contributed by atoms with Crippen molar-refractivity contribution in [2.24, 2.45) is 0 Å². The lowest BCUT2D eigenvalue weighted by molar-refractivity contribution is -0.146. The molecule has 0 aliphatic rings. The van der Waals surface area contributed by atoms with Crippen molar-refractivity contribution in [2.45, 2.75) is 18.6 Å². The minimum atomic E-state index is -1.35. The number of carbonyl (C=O) groups is 2. The average molecular weight is 392 g/mol. The van der Waals surface area contributed by atoms with Gasteiger partial charge in [0.05, 0.1) is 7.11 Å². The van der Waals surface area contributed by atoms with Gasteiger partial charge in [-0.05, 0) is 23.3 Å². The Morgan fingerprint density at radius 2 is 1.88 bits per heavy atom. The van der Waals surface area contributed by atoms with E-state index in [0.717, 1.165) is 10.0 Å². The van der Waals surface area contributed by atoms with Crippen molar-refractivity contribution in [1.29, 1.82) is 0 Å². The van der Waals surface area contributed by atoms with E-state index in [1.807, 2.05) is 24.3 Å². The van der Waals surface area contributed by atoms with Crippen LogP contribution in [-0.2, 0) is 20.7 Å². The van der Waals surface area contributed by atoms with Crippen LogP contribution in [0.4, 0.5) is 0 Å². The van der Waals surface area contributed by atoms with E-state index in [1.165, 1.54) is 7.11 Å². The summed E-state index contributed by atoms with van der Waals surface area (Å²) in [4.78, 5) is 24.2. The molecule has 0 aliphatic carbocycles. The Labute approximate surface area is 148 Å².